The van der Waals surface area contributed by atoms with Gasteiger partial charge in [-0.15, -0.1) is 0 Å². The Bertz CT molecular complexity index is 162. The van der Waals surface area contributed by atoms with Gasteiger partial charge in [0.15, 0.2) is 0 Å². The van der Waals surface area contributed by atoms with E-state index < -0.39 is 0 Å². The highest BCUT2D eigenvalue weighted by molar-refractivity contribution is 5.75. The van der Waals surface area contributed by atoms with Crippen molar-refractivity contribution in [1.82, 2.24) is 5.32 Å². The first-order valence-electron chi connectivity index (χ1n) is 6.26. The van der Waals surface area contributed by atoms with Crippen molar-refractivity contribution >= 4 is 5.91 Å². The summed E-state index contributed by atoms with van der Waals surface area (Å²) < 4.78 is 5.22. The first-order chi connectivity index (χ1) is 7.81. The maximum absolute atomic E-state index is 11.3. The fourth-order valence-electron chi connectivity index (χ4n) is 1.32. The molecule has 96 valence electrons. The molecule has 1 amide bonds. The molecule has 0 aromatic carbocycles. The van der Waals surface area contributed by atoms with Crippen LogP contribution in [0.5, 0.6) is 0 Å². The third-order valence-electron chi connectivity index (χ3n) is 2.23. The average Bonchev–Trinajstić information content (AvgIpc) is 2.29. The fraction of sp³-hybridized carbons (Fsp3) is 0.917. The third-order valence-corrected chi connectivity index (χ3v) is 2.23. The summed E-state index contributed by atoms with van der Waals surface area (Å²) in [5.74, 6) is 0.0678. The van der Waals surface area contributed by atoms with Crippen LogP contribution in [0.1, 0.15) is 45.4 Å². The molecule has 0 aromatic rings. The predicted molar refractivity (Wildman–Crippen MR) is 64.3 cm³/mol. The second-order valence-corrected chi connectivity index (χ2v) is 3.85. The molecule has 0 heterocycles. The first kappa shape index (κ1) is 15.4. The number of amides is 1. The number of aliphatic hydroxyl groups is 1. The topological polar surface area (TPSA) is 58.6 Å². The van der Waals surface area contributed by atoms with Crippen molar-refractivity contribution in [2.45, 2.75) is 45.4 Å². The molecule has 2 N–H and O–H groups in total. The van der Waals surface area contributed by atoms with Gasteiger partial charge in [-0.3, -0.25) is 4.79 Å². The van der Waals surface area contributed by atoms with Crippen molar-refractivity contribution in [3.05, 3.63) is 0 Å². The number of carbonyl (C=O) groups is 1. The smallest absolute Gasteiger partial charge is 0.222 e. The molecule has 0 fully saturated rings. The Hall–Kier alpha value is -0.610. The summed E-state index contributed by atoms with van der Waals surface area (Å²) in [6.07, 6.45) is 5.39. The Morgan fingerprint density at radius 1 is 1.19 bits per heavy atom. The normalized spacial score (nSPS) is 10.4. The molecule has 0 saturated carbocycles. The molecule has 0 aromatic heterocycles. The number of rotatable bonds is 11. The second kappa shape index (κ2) is 12.5. The molecule has 0 unspecified atom stereocenters. The zero-order valence-electron chi connectivity index (χ0n) is 10.3. The lowest BCUT2D eigenvalue weighted by Gasteiger charge is -2.05. The average molecular weight is 231 g/mol. The van der Waals surface area contributed by atoms with E-state index >= 15 is 0 Å². The van der Waals surface area contributed by atoms with Crippen molar-refractivity contribution in [3.63, 3.8) is 0 Å². The van der Waals surface area contributed by atoms with Crippen LogP contribution in [0.25, 0.3) is 0 Å². The van der Waals surface area contributed by atoms with Gasteiger partial charge in [-0.25, -0.2) is 0 Å². The molecule has 0 aliphatic rings. The minimum atomic E-state index is 0.0678. The van der Waals surface area contributed by atoms with E-state index in [1.807, 2.05) is 6.92 Å². The van der Waals surface area contributed by atoms with Gasteiger partial charge in [-0.1, -0.05) is 19.8 Å². The number of carbonyl (C=O) groups excluding carboxylic acids is 1. The lowest BCUT2D eigenvalue weighted by Crippen LogP contribution is -2.25. The van der Waals surface area contributed by atoms with Crippen LogP contribution in [-0.2, 0) is 9.53 Å². The van der Waals surface area contributed by atoms with E-state index in [2.05, 4.69) is 5.32 Å². The van der Waals surface area contributed by atoms with Crippen LogP contribution in [0.15, 0.2) is 0 Å². The van der Waals surface area contributed by atoms with Gasteiger partial charge in [0.25, 0.3) is 0 Å². The monoisotopic (exact) mass is 231 g/mol. The van der Waals surface area contributed by atoms with Crippen molar-refractivity contribution < 1.29 is 14.6 Å². The maximum atomic E-state index is 11.3. The van der Waals surface area contributed by atoms with Gasteiger partial charge in [0.2, 0.25) is 5.91 Å². The van der Waals surface area contributed by atoms with E-state index in [0.717, 1.165) is 45.3 Å². The fourth-order valence-corrected chi connectivity index (χ4v) is 1.32. The quantitative estimate of drug-likeness (QED) is 0.529. The molecule has 0 saturated heterocycles. The predicted octanol–water partition coefficient (Wildman–Crippen LogP) is 1.47. The Kier molecular flexibility index (Phi) is 12.0. The summed E-state index contributed by atoms with van der Waals surface area (Å²) in [4.78, 5) is 11.3. The minimum absolute atomic E-state index is 0.0678. The van der Waals surface area contributed by atoms with E-state index in [0.29, 0.717) is 13.0 Å². The molecule has 0 spiro atoms. The van der Waals surface area contributed by atoms with E-state index in [1.54, 1.807) is 0 Å². The molecule has 4 heteroatoms. The summed E-state index contributed by atoms with van der Waals surface area (Å²) >= 11 is 0. The number of nitrogens with one attached hydrogen (secondary N) is 1. The molecule has 0 atom stereocenters. The van der Waals surface area contributed by atoms with Crippen LogP contribution in [0.4, 0.5) is 0 Å². The second-order valence-electron chi connectivity index (χ2n) is 3.85. The summed E-state index contributed by atoms with van der Waals surface area (Å²) in [5, 5.41) is 11.4. The Labute approximate surface area is 98.4 Å². The molecular formula is C12H25NO3. The highest BCUT2D eigenvalue weighted by Crippen LogP contribution is 1.97. The molecule has 0 rings (SSSR count). The SMILES string of the molecule is CCCOCCC(=O)NCCCCCCO. The molecule has 4 nitrogen and oxygen atoms in total. The molecule has 16 heavy (non-hydrogen) atoms. The Morgan fingerprint density at radius 3 is 2.62 bits per heavy atom. The lowest BCUT2D eigenvalue weighted by atomic mass is 10.2. The first-order valence-corrected chi connectivity index (χ1v) is 6.26. The van der Waals surface area contributed by atoms with Gasteiger partial charge in [0, 0.05) is 26.2 Å². The Morgan fingerprint density at radius 2 is 1.94 bits per heavy atom. The van der Waals surface area contributed by atoms with Crippen molar-refractivity contribution in [1.29, 1.82) is 0 Å². The van der Waals surface area contributed by atoms with Crippen LogP contribution in [-0.4, -0.2) is 37.4 Å². The highest BCUT2D eigenvalue weighted by Gasteiger charge is 1.99. The third kappa shape index (κ3) is 11.5. The van der Waals surface area contributed by atoms with Gasteiger partial charge in [-0.2, -0.15) is 0 Å². The summed E-state index contributed by atoms with van der Waals surface area (Å²) in [6.45, 7) is 4.30. The number of aliphatic hydroxyl groups excluding tert-OH is 1. The maximum Gasteiger partial charge on any atom is 0.222 e. The van der Waals surface area contributed by atoms with Gasteiger partial charge in [0.1, 0.15) is 0 Å². The standard InChI is InChI=1S/C12H25NO3/c1-2-10-16-11-7-12(15)13-8-5-3-4-6-9-14/h14H,2-11H2,1H3,(H,13,15). The minimum Gasteiger partial charge on any atom is -0.396 e. The number of hydrogen-bond donors (Lipinski definition) is 2. The van der Waals surface area contributed by atoms with Crippen molar-refractivity contribution in [3.8, 4) is 0 Å². The van der Waals surface area contributed by atoms with E-state index in [-0.39, 0.29) is 12.5 Å². The van der Waals surface area contributed by atoms with Crippen LogP contribution in [0.3, 0.4) is 0 Å². The lowest BCUT2D eigenvalue weighted by molar-refractivity contribution is -0.122. The molecular weight excluding hydrogens is 206 g/mol. The van der Waals surface area contributed by atoms with E-state index in [1.165, 1.54) is 0 Å². The molecule has 0 bridgehead atoms. The largest absolute Gasteiger partial charge is 0.396 e. The molecule has 0 radical (unpaired) electrons. The number of ether oxygens (including phenoxy) is 1. The Balaban J connectivity index is 3.11. The molecule has 0 aliphatic heterocycles. The zero-order valence-corrected chi connectivity index (χ0v) is 10.3. The zero-order chi connectivity index (χ0) is 12.1. The van der Waals surface area contributed by atoms with Gasteiger partial charge >= 0.3 is 0 Å². The van der Waals surface area contributed by atoms with Crippen molar-refractivity contribution in [2.24, 2.45) is 0 Å². The number of unbranched alkanes of at least 4 members (excludes halogenated alkanes) is 3. The summed E-state index contributed by atoms with van der Waals surface area (Å²) in [5.41, 5.74) is 0. The van der Waals surface area contributed by atoms with Gasteiger partial charge < -0.3 is 15.2 Å². The van der Waals surface area contributed by atoms with Gasteiger partial charge in [0.05, 0.1) is 6.61 Å². The molecule has 0 aliphatic carbocycles. The van der Waals surface area contributed by atoms with E-state index in [9.17, 15) is 4.79 Å². The van der Waals surface area contributed by atoms with Crippen LogP contribution >= 0.6 is 0 Å². The van der Waals surface area contributed by atoms with E-state index in [4.69, 9.17) is 9.84 Å². The van der Waals surface area contributed by atoms with Crippen LogP contribution < -0.4 is 5.32 Å². The van der Waals surface area contributed by atoms with Crippen LogP contribution in [0.2, 0.25) is 0 Å². The number of hydrogen-bond acceptors (Lipinski definition) is 3. The van der Waals surface area contributed by atoms with Crippen LogP contribution in [0, 0.1) is 0 Å². The summed E-state index contributed by atoms with van der Waals surface area (Å²) in [7, 11) is 0. The van der Waals surface area contributed by atoms with Crippen molar-refractivity contribution in [2.75, 3.05) is 26.4 Å². The highest BCUT2D eigenvalue weighted by atomic mass is 16.5. The van der Waals surface area contributed by atoms with Gasteiger partial charge in [-0.05, 0) is 19.3 Å². The summed E-state index contributed by atoms with van der Waals surface area (Å²) in [6, 6.07) is 0.